The van der Waals surface area contributed by atoms with Gasteiger partial charge in [-0.2, -0.15) is 0 Å². The Labute approximate surface area is 119 Å². The quantitative estimate of drug-likeness (QED) is 0.924. The minimum absolute atomic E-state index is 0.160. The molecule has 1 aliphatic carbocycles. The molecule has 0 spiro atoms. The zero-order chi connectivity index (χ0) is 13.9. The molecule has 1 N–H and O–H groups in total. The van der Waals surface area contributed by atoms with E-state index >= 15 is 0 Å². The van der Waals surface area contributed by atoms with E-state index in [9.17, 15) is 4.79 Å². The SMILES string of the molecule is Cc1cccc(-c2cccc(CNC(=O)C3CC3)n2)c1. The van der Waals surface area contributed by atoms with Crippen LogP contribution in [0.25, 0.3) is 11.3 Å². The van der Waals surface area contributed by atoms with Crippen LogP contribution in [0.3, 0.4) is 0 Å². The van der Waals surface area contributed by atoms with Crippen molar-refractivity contribution in [3.63, 3.8) is 0 Å². The number of hydrogen-bond acceptors (Lipinski definition) is 2. The molecular formula is C17H18N2O. The van der Waals surface area contributed by atoms with Gasteiger partial charge in [-0.1, -0.05) is 29.8 Å². The van der Waals surface area contributed by atoms with E-state index in [0.717, 1.165) is 29.8 Å². The Bertz CT molecular complexity index is 632. The van der Waals surface area contributed by atoms with Gasteiger partial charge >= 0.3 is 0 Å². The zero-order valence-corrected chi connectivity index (χ0v) is 11.6. The van der Waals surface area contributed by atoms with Gasteiger partial charge in [-0.25, -0.2) is 0 Å². The molecule has 3 nitrogen and oxygen atoms in total. The predicted molar refractivity (Wildman–Crippen MR) is 79.0 cm³/mol. The van der Waals surface area contributed by atoms with Crippen LogP contribution in [0.15, 0.2) is 42.5 Å². The Hall–Kier alpha value is -2.16. The lowest BCUT2D eigenvalue weighted by atomic mass is 10.1. The fraction of sp³-hybridized carbons (Fsp3) is 0.294. The second-order valence-electron chi connectivity index (χ2n) is 5.38. The largest absolute Gasteiger partial charge is 0.350 e. The van der Waals surface area contributed by atoms with E-state index in [-0.39, 0.29) is 11.8 Å². The molecule has 1 amide bonds. The molecule has 0 unspecified atom stereocenters. The Morgan fingerprint density at radius 3 is 2.80 bits per heavy atom. The first-order valence-corrected chi connectivity index (χ1v) is 7.03. The summed E-state index contributed by atoms with van der Waals surface area (Å²) in [5.74, 6) is 0.405. The predicted octanol–water partition coefficient (Wildman–Crippen LogP) is 3.08. The number of carbonyl (C=O) groups is 1. The smallest absolute Gasteiger partial charge is 0.223 e. The normalized spacial score (nSPS) is 14.1. The highest BCUT2D eigenvalue weighted by Crippen LogP contribution is 2.28. The van der Waals surface area contributed by atoms with Crippen molar-refractivity contribution in [2.45, 2.75) is 26.3 Å². The van der Waals surface area contributed by atoms with Crippen molar-refractivity contribution in [2.75, 3.05) is 0 Å². The number of aryl methyl sites for hydroxylation is 1. The molecule has 2 aromatic rings. The molecule has 0 saturated heterocycles. The summed E-state index contributed by atoms with van der Waals surface area (Å²) in [6.07, 6.45) is 2.06. The van der Waals surface area contributed by atoms with E-state index in [1.165, 1.54) is 5.56 Å². The minimum Gasteiger partial charge on any atom is -0.350 e. The van der Waals surface area contributed by atoms with Crippen molar-refractivity contribution in [2.24, 2.45) is 5.92 Å². The molecule has 3 heteroatoms. The molecule has 1 aliphatic rings. The average molecular weight is 266 g/mol. The molecule has 1 saturated carbocycles. The molecule has 1 aromatic heterocycles. The van der Waals surface area contributed by atoms with E-state index in [1.807, 2.05) is 24.3 Å². The molecular weight excluding hydrogens is 248 g/mol. The highest BCUT2D eigenvalue weighted by atomic mass is 16.2. The number of benzene rings is 1. The van der Waals surface area contributed by atoms with Crippen molar-refractivity contribution in [1.29, 1.82) is 0 Å². The number of hydrogen-bond donors (Lipinski definition) is 1. The Morgan fingerprint density at radius 2 is 2.05 bits per heavy atom. The van der Waals surface area contributed by atoms with Crippen molar-refractivity contribution >= 4 is 5.91 Å². The lowest BCUT2D eigenvalue weighted by Crippen LogP contribution is -2.24. The first-order valence-electron chi connectivity index (χ1n) is 7.03. The third-order valence-corrected chi connectivity index (χ3v) is 3.51. The number of aromatic nitrogens is 1. The van der Waals surface area contributed by atoms with Gasteiger partial charge in [-0.3, -0.25) is 9.78 Å². The van der Waals surface area contributed by atoms with Crippen LogP contribution < -0.4 is 5.32 Å². The first-order chi connectivity index (χ1) is 9.72. The van der Waals surface area contributed by atoms with Gasteiger partial charge in [-0.05, 0) is 38.0 Å². The standard InChI is InChI=1S/C17H18N2O/c1-12-4-2-5-14(10-12)16-7-3-6-15(19-16)11-18-17(20)13-8-9-13/h2-7,10,13H,8-9,11H2,1H3,(H,18,20). The molecule has 1 heterocycles. The summed E-state index contributed by atoms with van der Waals surface area (Å²) in [5.41, 5.74) is 4.18. The number of rotatable bonds is 4. The van der Waals surface area contributed by atoms with Crippen LogP contribution in [0.2, 0.25) is 0 Å². The molecule has 3 rings (SSSR count). The molecule has 20 heavy (non-hydrogen) atoms. The summed E-state index contributed by atoms with van der Waals surface area (Å²) in [6, 6.07) is 14.2. The molecule has 0 bridgehead atoms. The molecule has 1 aromatic carbocycles. The van der Waals surface area contributed by atoms with Gasteiger partial charge in [0.05, 0.1) is 17.9 Å². The third kappa shape index (κ3) is 3.05. The van der Waals surface area contributed by atoms with Gasteiger partial charge in [0.15, 0.2) is 0 Å². The van der Waals surface area contributed by atoms with Crippen molar-refractivity contribution in [1.82, 2.24) is 10.3 Å². The van der Waals surface area contributed by atoms with Crippen LogP contribution in [0, 0.1) is 12.8 Å². The highest BCUT2D eigenvalue weighted by Gasteiger charge is 2.29. The van der Waals surface area contributed by atoms with E-state index in [0.29, 0.717) is 6.54 Å². The number of pyridine rings is 1. The van der Waals surface area contributed by atoms with E-state index in [4.69, 9.17) is 0 Å². The topological polar surface area (TPSA) is 42.0 Å². The maximum absolute atomic E-state index is 11.6. The molecule has 1 fully saturated rings. The van der Waals surface area contributed by atoms with Crippen LogP contribution in [-0.2, 0) is 11.3 Å². The monoisotopic (exact) mass is 266 g/mol. The second kappa shape index (κ2) is 5.45. The first kappa shape index (κ1) is 12.9. The van der Waals surface area contributed by atoms with E-state index < -0.39 is 0 Å². The fourth-order valence-electron chi connectivity index (χ4n) is 2.21. The van der Waals surface area contributed by atoms with Gasteiger partial charge in [0.1, 0.15) is 0 Å². The van der Waals surface area contributed by atoms with Crippen LogP contribution in [-0.4, -0.2) is 10.9 Å². The summed E-state index contributed by atoms with van der Waals surface area (Å²) < 4.78 is 0. The van der Waals surface area contributed by atoms with Crippen LogP contribution in [0.4, 0.5) is 0 Å². The van der Waals surface area contributed by atoms with Crippen molar-refractivity contribution in [3.8, 4) is 11.3 Å². The van der Waals surface area contributed by atoms with E-state index in [2.05, 4.69) is 35.4 Å². The average Bonchev–Trinajstić information content (AvgIpc) is 3.30. The summed E-state index contributed by atoms with van der Waals surface area (Å²) in [7, 11) is 0. The van der Waals surface area contributed by atoms with E-state index in [1.54, 1.807) is 0 Å². The van der Waals surface area contributed by atoms with Gasteiger partial charge in [0.25, 0.3) is 0 Å². The van der Waals surface area contributed by atoms with Crippen LogP contribution in [0.5, 0.6) is 0 Å². The summed E-state index contributed by atoms with van der Waals surface area (Å²) in [4.78, 5) is 16.3. The Morgan fingerprint density at radius 1 is 1.25 bits per heavy atom. The number of carbonyl (C=O) groups excluding carboxylic acids is 1. The highest BCUT2D eigenvalue weighted by molar-refractivity contribution is 5.80. The van der Waals surface area contributed by atoms with Gasteiger partial charge in [0, 0.05) is 11.5 Å². The molecule has 0 aliphatic heterocycles. The zero-order valence-electron chi connectivity index (χ0n) is 11.6. The summed E-state index contributed by atoms with van der Waals surface area (Å²) >= 11 is 0. The number of amides is 1. The third-order valence-electron chi connectivity index (χ3n) is 3.51. The van der Waals surface area contributed by atoms with Gasteiger partial charge in [0.2, 0.25) is 5.91 Å². The fourth-order valence-corrected chi connectivity index (χ4v) is 2.21. The Kier molecular flexibility index (Phi) is 3.50. The Balaban J connectivity index is 1.73. The van der Waals surface area contributed by atoms with Crippen LogP contribution in [0.1, 0.15) is 24.1 Å². The minimum atomic E-state index is 0.160. The molecule has 0 radical (unpaired) electrons. The lowest BCUT2D eigenvalue weighted by molar-refractivity contribution is -0.122. The summed E-state index contributed by atoms with van der Waals surface area (Å²) in [5, 5.41) is 2.95. The second-order valence-corrected chi connectivity index (χ2v) is 5.38. The summed E-state index contributed by atoms with van der Waals surface area (Å²) in [6.45, 7) is 2.58. The maximum Gasteiger partial charge on any atom is 0.223 e. The molecule has 102 valence electrons. The van der Waals surface area contributed by atoms with Crippen molar-refractivity contribution < 1.29 is 4.79 Å². The van der Waals surface area contributed by atoms with Gasteiger partial charge in [-0.15, -0.1) is 0 Å². The number of nitrogens with zero attached hydrogens (tertiary/aromatic N) is 1. The lowest BCUT2D eigenvalue weighted by Gasteiger charge is -2.07. The van der Waals surface area contributed by atoms with Crippen molar-refractivity contribution in [3.05, 3.63) is 53.7 Å². The van der Waals surface area contributed by atoms with Crippen LogP contribution >= 0.6 is 0 Å². The number of nitrogens with one attached hydrogen (secondary N) is 1. The van der Waals surface area contributed by atoms with Gasteiger partial charge < -0.3 is 5.32 Å². The molecule has 0 atom stereocenters. The maximum atomic E-state index is 11.6.